The van der Waals surface area contributed by atoms with Gasteiger partial charge in [-0.25, -0.2) is 0 Å². The molecule has 1 N–H and O–H groups in total. The first-order valence-corrected chi connectivity index (χ1v) is 7.44. The number of rotatable bonds is 3. The van der Waals surface area contributed by atoms with E-state index in [-0.39, 0.29) is 24.8 Å². The van der Waals surface area contributed by atoms with Crippen molar-refractivity contribution in [2.24, 2.45) is 5.92 Å². The molecule has 0 saturated carbocycles. The van der Waals surface area contributed by atoms with Crippen LogP contribution in [0.2, 0.25) is 0 Å². The normalized spacial score (nSPS) is 26.6. The van der Waals surface area contributed by atoms with Crippen molar-refractivity contribution in [3.05, 3.63) is 23.8 Å². The van der Waals surface area contributed by atoms with Crippen molar-refractivity contribution in [1.29, 1.82) is 0 Å². The summed E-state index contributed by atoms with van der Waals surface area (Å²) in [7, 11) is 0. The monoisotopic (exact) mass is 291 g/mol. The molecule has 1 aromatic carbocycles. The predicted molar refractivity (Wildman–Crippen MR) is 77.5 cm³/mol. The minimum Gasteiger partial charge on any atom is -0.481 e. The standard InChI is InChI=1S/C16H21NO4/c1-10-7-13(16(18)19)5-6-17(10)11(2)12-3-4-14-15(8-12)21-9-20-14/h3-4,8,10-11,13H,5-7,9H2,1-2H3,(H,18,19). The van der Waals surface area contributed by atoms with Gasteiger partial charge in [0.1, 0.15) is 0 Å². The Morgan fingerprint density at radius 1 is 1.38 bits per heavy atom. The van der Waals surface area contributed by atoms with Gasteiger partial charge in [0.15, 0.2) is 11.5 Å². The average Bonchev–Trinajstić information content (AvgIpc) is 2.93. The molecular formula is C16H21NO4. The summed E-state index contributed by atoms with van der Waals surface area (Å²) >= 11 is 0. The van der Waals surface area contributed by atoms with Crippen LogP contribution in [0.1, 0.15) is 38.3 Å². The van der Waals surface area contributed by atoms with Crippen molar-refractivity contribution < 1.29 is 19.4 Å². The minimum atomic E-state index is -0.669. The van der Waals surface area contributed by atoms with Gasteiger partial charge in [0.2, 0.25) is 6.79 Å². The molecule has 0 radical (unpaired) electrons. The van der Waals surface area contributed by atoms with Crippen molar-refractivity contribution >= 4 is 5.97 Å². The molecule has 21 heavy (non-hydrogen) atoms. The zero-order chi connectivity index (χ0) is 15.0. The van der Waals surface area contributed by atoms with E-state index in [9.17, 15) is 4.79 Å². The van der Waals surface area contributed by atoms with Gasteiger partial charge < -0.3 is 14.6 Å². The first kappa shape index (κ1) is 14.2. The van der Waals surface area contributed by atoms with E-state index in [1.165, 1.54) is 5.56 Å². The third-order valence-corrected chi connectivity index (χ3v) is 4.65. The Labute approximate surface area is 124 Å². The number of piperidine rings is 1. The molecule has 0 spiro atoms. The van der Waals surface area contributed by atoms with Gasteiger partial charge >= 0.3 is 5.97 Å². The average molecular weight is 291 g/mol. The van der Waals surface area contributed by atoms with Gasteiger partial charge in [-0.1, -0.05) is 6.07 Å². The van der Waals surface area contributed by atoms with Gasteiger partial charge in [0.25, 0.3) is 0 Å². The van der Waals surface area contributed by atoms with Crippen LogP contribution >= 0.6 is 0 Å². The van der Waals surface area contributed by atoms with E-state index in [1.807, 2.05) is 12.1 Å². The third kappa shape index (κ3) is 2.70. The van der Waals surface area contributed by atoms with E-state index in [0.717, 1.165) is 18.0 Å². The lowest BCUT2D eigenvalue weighted by molar-refractivity contribution is -0.144. The number of carbonyl (C=O) groups is 1. The second-order valence-electron chi connectivity index (χ2n) is 5.94. The summed E-state index contributed by atoms with van der Waals surface area (Å²) in [4.78, 5) is 13.5. The summed E-state index contributed by atoms with van der Waals surface area (Å²) in [5.41, 5.74) is 1.18. The van der Waals surface area contributed by atoms with E-state index in [1.54, 1.807) is 0 Å². The number of carboxylic acid groups (broad SMARTS) is 1. The SMILES string of the molecule is CC1CC(C(=O)O)CCN1C(C)c1ccc2c(c1)OCO2. The highest BCUT2D eigenvalue weighted by atomic mass is 16.7. The molecular weight excluding hydrogens is 270 g/mol. The molecule has 3 rings (SSSR count). The van der Waals surface area contributed by atoms with E-state index in [4.69, 9.17) is 14.6 Å². The zero-order valence-electron chi connectivity index (χ0n) is 12.4. The van der Waals surface area contributed by atoms with Gasteiger partial charge in [-0.05, 0) is 50.9 Å². The first-order chi connectivity index (χ1) is 10.1. The number of hydrogen-bond acceptors (Lipinski definition) is 4. The molecule has 2 heterocycles. The number of carboxylic acids is 1. The Morgan fingerprint density at radius 2 is 2.14 bits per heavy atom. The summed E-state index contributed by atoms with van der Waals surface area (Å²) < 4.78 is 10.8. The van der Waals surface area contributed by atoms with Gasteiger partial charge in [0, 0.05) is 12.1 Å². The summed E-state index contributed by atoms with van der Waals surface area (Å²) in [5.74, 6) is 0.716. The number of ether oxygens (including phenoxy) is 2. The largest absolute Gasteiger partial charge is 0.481 e. The van der Waals surface area contributed by atoms with Crippen molar-refractivity contribution in [2.45, 2.75) is 38.8 Å². The molecule has 0 amide bonds. The van der Waals surface area contributed by atoms with E-state index >= 15 is 0 Å². The Morgan fingerprint density at radius 3 is 2.86 bits per heavy atom. The van der Waals surface area contributed by atoms with Crippen LogP contribution in [-0.4, -0.2) is 35.4 Å². The topological polar surface area (TPSA) is 59.0 Å². The quantitative estimate of drug-likeness (QED) is 0.927. The van der Waals surface area contributed by atoms with Crippen LogP contribution in [0.5, 0.6) is 11.5 Å². The number of hydrogen-bond donors (Lipinski definition) is 1. The molecule has 0 aliphatic carbocycles. The minimum absolute atomic E-state index is 0.208. The highest BCUT2D eigenvalue weighted by Crippen LogP contribution is 2.37. The molecule has 1 saturated heterocycles. The number of benzene rings is 1. The predicted octanol–water partition coefficient (Wildman–Crippen LogP) is 2.66. The van der Waals surface area contributed by atoms with Crippen molar-refractivity contribution in [3.8, 4) is 11.5 Å². The second-order valence-corrected chi connectivity index (χ2v) is 5.94. The molecule has 5 nitrogen and oxygen atoms in total. The molecule has 1 fully saturated rings. The first-order valence-electron chi connectivity index (χ1n) is 7.44. The lowest BCUT2D eigenvalue weighted by Crippen LogP contribution is -2.43. The molecule has 114 valence electrons. The summed E-state index contributed by atoms with van der Waals surface area (Å²) in [5, 5.41) is 9.15. The van der Waals surface area contributed by atoms with Crippen LogP contribution in [0.25, 0.3) is 0 Å². The van der Waals surface area contributed by atoms with Crippen LogP contribution in [0.4, 0.5) is 0 Å². The highest BCUT2D eigenvalue weighted by molar-refractivity contribution is 5.70. The molecule has 3 atom stereocenters. The fourth-order valence-corrected chi connectivity index (χ4v) is 3.35. The molecule has 3 unspecified atom stereocenters. The number of aliphatic carboxylic acids is 1. The maximum atomic E-state index is 11.1. The van der Waals surface area contributed by atoms with E-state index < -0.39 is 5.97 Å². The molecule has 0 aromatic heterocycles. The van der Waals surface area contributed by atoms with Gasteiger partial charge in [-0.15, -0.1) is 0 Å². The van der Waals surface area contributed by atoms with Crippen LogP contribution < -0.4 is 9.47 Å². The van der Waals surface area contributed by atoms with Crippen molar-refractivity contribution in [1.82, 2.24) is 4.90 Å². The van der Waals surface area contributed by atoms with Gasteiger partial charge in [-0.3, -0.25) is 9.69 Å². The summed E-state index contributed by atoms with van der Waals surface area (Å²) in [6.07, 6.45) is 1.43. The van der Waals surface area contributed by atoms with Crippen LogP contribution in [-0.2, 0) is 4.79 Å². The molecule has 1 aromatic rings. The Kier molecular flexibility index (Phi) is 3.76. The van der Waals surface area contributed by atoms with Crippen LogP contribution in [0.15, 0.2) is 18.2 Å². The highest BCUT2D eigenvalue weighted by Gasteiger charge is 2.32. The van der Waals surface area contributed by atoms with Crippen LogP contribution in [0, 0.1) is 5.92 Å². The van der Waals surface area contributed by atoms with E-state index in [2.05, 4.69) is 24.8 Å². The molecule has 2 aliphatic heterocycles. The third-order valence-electron chi connectivity index (χ3n) is 4.65. The molecule has 5 heteroatoms. The smallest absolute Gasteiger partial charge is 0.306 e. The summed E-state index contributed by atoms with van der Waals surface area (Å²) in [6.45, 7) is 5.37. The number of nitrogens with zero attached hydrogens (tertiary/aromatic N) is 1. The Hall–Kier alpha value is -1.75. The fourth-order valence-electron chi connectivity index (χ4n) is 3.35. The lowest BCUT2D eigenvalue weighted by atomic mass is 9.89. The molecule has 2 aliphatic rings. The van der Waals surface area contributed by atoms with E-state index in [0.29, 0.717) is 12.8 Å². The second kappa shape index (κ2) is 5.56. The lowest BCUT2D eigenvalue weighted by Gasteiger charge is -2.40. The van der Waals surface area contributed by atoms with Crippen LogP contribution in [0.3, 0.4) is 0 Å². The fraction of sp³-hybridized carbons (Fsp3) is 0.562. The Balaban J connectivity index is 1.73. The molecule has 0 bridgehead atoms. The van der Waals surface area contributed by atoms with Gasteiger partial charge in [0.05, 0.1) is 5.92 Å². The van der Waals surface area contributed by atoms with Crippen molar-refractivity contribution in [2.75, 3.05) is 13.3 Å². The number of fused-ring (bicyclic) bond motifs is 1. The van der Waals surface area contributed by atoms with Crippen molar-refractivity contribution in [3.63, 3.8) is 0 Å². The summed E-state index contributed by atoms with van der Waals surface area (Å²) in [6, 6.07) is 6.55. The van der Waals surface area contributed by atoms with Gasteiger partial charge in [-0.2, -0.15) is 0 Å². The number of likely N-dealkylation sites (tertiary alicyclic amines) is 1. The maximum Gasteiger partial charge on any atom is 0.306 e. The zero-order valence-corrected chi connectivity index (χ0v) is 12.4. The maximum absolute atomic E-state index is 11.1. The Bertz CT molecular complexity index is 545.